The summed E-state index contributed by atoms with van der Waals surface area (Å²) < 4.78 is 0. The van der Waals surface area contributed by atoms with E-state index < -0.39 is 126 Å². The number of nitrogens with two attached hydrogens (primary N) is 7. The van der Waals surface area contributed by atoms with E-state index in [1.54, 1.807) is 44.2 Å². The van der Waals surface area contributed by atoms with Crippen LogP contribution in [-0.4, -0.2) is 164 Å². The van der Waals surface area contributed by atoms with Gasteiger partial charge in [-0.2, -0.15) is 0 Å². The average molecular weight is 1000 g/mol. The fraction of sp³-hybridized carbons (Fsp3) is 0.636. The molecule has 2 rings (SSSR count). The van der Waals surface area contributed by atoms with Crippen LogP contribution in [0.25, 0.3) is 0 Å². The van der Waals surface area contributed by atoms with Gasteiger partial charge in [0, 0.05) is 13.0 Å². The monoisotopic (exact) mass is 1000 g/mol. The Morgan fingerprint density at radius 3 is 1.61 bits per heavy atom. The van der Waals surface area contributed by atoms with Gasteiger partial charge in [-0.05, 0) is 96.1 Å². The molecule has 1 aromatic rings. The van der Waals surface area contributed by atoms with Gasteiger partial charge in [0.05, 0.1) is 6.10 Å². The second-order valence-electron chi connectivity index (χ2n) is 17.5. The molecule has 27 nitrogen and oxygen atoms in total. The van der Waals surface area contributed by atoms with Crippen molar-refractivity contribution in [1.29, 1.82) is 0 Å². The lowest BCUT2D eigenvalue weighted by molar-refractivity contribution is -0.136. The van der Waals surface area contributed by atoms with Crippen LogP contribution in [-0.2, 0) is 49.6 Å². The van der Waals surface area contributed by atoms with E-state index in [-0.39, 0.29) is 90.0 Å². The molecule has 1 aromatic carbocycles. The number of amides is 9. The highest BCUT2D eigenvalue weighted by atomic mass is 16.3. The van der Waals surface area contributed by atoms with E-state index in [1.807, 2.05) is 0 Å². The van der Waals surface area contributed by atoms with Gasteiger partial charge in [-0.25, -0.2) is 4.99 Å². The van der Waals surface area contributed by atoms with Crippen LogP contribution in [0.1, 0.15) is 71.3 Å². The topological polar surface area (TPSA) is 477 Å². The molecule has 71 heavy (non-hydrogen) atoms. The highest BCUT2D eigenvalue weighted by molar-refractivity contribution is 5.98. The zero-order valence-electron chi connectivity index (χ0n) is 40.7. The molecule has 0 bridgehead atoms. The number of aliphatic hydroxyl groups is 1. The van der Waals surface area contributed by atoms with Crippen LogP contribution in [0, 0.1) is 5.92 Å². The van der Waals surface area contributed by atoms with E-state index in [0.717, 1.165) is 0 Å². The molecule has 1 heterocycles. The number of benzene rings is 1. The highest BCUT2D eigenvalue weighted by Gasteiger charge is 2.36. The minimum atomic E-state index is -1.64. The number of rotatable bonds is 20. The number of aliphatic imine (C=N–C) groups is 1. The second-order valence-corrected chi connectivity index (χ2v) is 17.5. The average Bonchev–Trinajstić information content (AvgIpc) is 3.30. The predicted molar refractivity (Wildman–Crippen MR) is 262 cm³/mol. The number of guanidine groups is 1. The Bertz CT molecular complexity index is 1960. The quantitative estimate of drug-likeness (QED) is 0.0426. The van der Waals surface area contributed by atoms with Gasteiger partial charge >= 0.3 is 0 Å². The first-order chi connectivity index (χ1) is 33.7. The number of hydrogen-bond acceptors (Lipinski definition) is 16. The van der Waals surface area contributed by atoms with Crippen molar-refractivity contribution >= 4 is 59.1 Å². The van der Waals surface area contributed by atoms with E-state index in [1.165, 1.54) is 6.92 Å². The van der Waals surface area contributed by atoms with Crippen molar-refractivity contribution in [3.8, 4) is 0 Å². The summed E-state index contributed by atoms with van der Waals surface area (Å²) in [6.45, 7) is 3.93. The van der Waals surface area contributed by atoms with Gasteiger partial charge in [-0.3, -0.25) is 43.2 Å². The molecule has 1 aliphatic heterocycles. The Labute approximate surface area is 413 Å². The number of hydrogen-bond donors (Lipinski definition) is 17. The fourth-order valence-corrected chi connectivity index (χ4v) is 7.38. The summed E-state index contributed by atoms with van der Waals surface area (Å²) in [6, 6.07) is -3.92. The summed E-state index contributed by atoms with van der Waals surface area (Å²) in [6.07, 6.45) is -2.50. The highest BCUT2D eigenvalue weighted by Crippen LogP contribution is 2.11. The van der Waals surface area contributed by atoms with Gasteiger partial charge in [0.2, 0.25) is 53.2 Å². The number of carbonyl (C=O) groups is 9. The standard InChI is InChI=1S/C44H77N17O10/c1-23(2)21-32-41(69)56-27(10-16-46)35(63)55-29(12-18-48)40(68)61-34(24(3)62)43(71)52-20-14-31(57-36(64)26(9-15-45)53-38(66)30(13-19-49)60-44(50)51)39(67)54-28(11-17-47)37(65)59-33(42(70)58-32)22-25-7-5-4-6-8-25/h4-8,23-24,26-34,62H,9-22,45-49H2,1-3H3,(H,52,71)(H,53,66)(H,54,67)(H,55,63)(H,56,69)(H,57,64)(H,58,70)(H,59,65)(H,61,68)(H4,50,51,60)/t24-,26+,27+,28+,29+,30+,31+,32+,33-,34+/m1/s1. The molecule has 10 atom stereocenters. The SMILES string of the molecule is CC(C)C[C@@H]1NC(=O)[C@@H](Cc2ccccc2)NC(=O)[C@H](CCN)NC(=O)[C@@H](NC(=O)[C@H](CCN)NC(=O)[C@H](CCN)N=C(N)N)CCNC(=O)[C@H]([C@@H](C)O)NC(=O)[C@H](CCN)NC(=O)[C@H](CCN)NC1=O. The molecular weight excluding hydrogens is 927 g/mol. The lowest BCUT2D eigenvalue weighted by Crippen LogP contribution is -2.61. The van der Waals surface area contributed by atoms with Crippen LogP contribution in [0.4, 0.5) is 0 Å². The minimum Gasteiger partial charge on any atom is -0.391 e. The maximum atomic E-state index is 14.3. The second kappa shape index (κ2) is 31.7. The van der Waals surface area contributed by atoms with Crippen molar-refractivity contribution in [2.45, 2.75) is 133 Å². The summed E-state index contributed by atoms with van der Waals surface area (Å²) in [5, 5.41) is 33.8. The van der Waals surface area contributed by atoms with Gasteiger partial charge < -0.3 is 93.1 Å². The number of nitrogens with one attached hydrogen (secondary N) is 9. The number of carbonyl (C=O) groups excluding carboxylic acids is 9. The molecule has 0 saturated carbocycles. The van der Waals surface area contributed by atoms with Gasteiger partial charge in [-0.15, -0.1) is 0 Å². The van der Waals surface area contributed by atoms with E-state index in [0.29, 0.717) is 5.56 Å². The smallest absolute Gasteiger partial charge is 0.245 e. The number of nitrogens with zero attached hydrogens (tertiary/aromatic N) is 1. The normalized spacial score (nSPS) is 23.7. The first-order valence-corrected chi connectivity index (χ1v) is 23.7. The molecule has 27 heteroatoms. The van der Waals surface area contributed by atoms with Crippen LogP contribution in [0.15, 0.2) is 35.3 Å². The van der Waals surface area contributed by atoms with Crippen molar-refractivity contribution in [3.63, 3.8) is 0 Å². The van der Waals surface area contributed by atoms with Crippen LogP contribution in [0.5, 0.6) is 0 Å². The molecule has 1 saturated heterocycles. The summed E-state index contributed by atoms with van der Waals surface area (Å²) in [4.78, 5) is 129. The maximum absolute atomic E-state index is 14.3. The molecule has 0 aliphatic carbocycles. The van der Waals surface area contributed by atoms with Gasteiger partial charge in [0.15, 0.2) is 5.96 Å². The van der Waals surface area contributed by atoms with E-state index in [4.69, 9.17) is 40.1 Å². The predicted octanol–water partition coefficient (Wildman–Crippen LogP) is -7.56. The summed E-state index contributed by atoms with van der Waals surface area (Å²) in [5.74, 6) is -8.44. The third-order valence-electron chi connectivity index (χ3n) is 11.1. The third kappa shape index (κ3) is 21.2. The molecule has 398 valence electrons. The lowest BCUT2D eigenvalue weighted by atomic mass is 10.00. The van der Waals surface area contributed by atoms with E-state index in [9.17, 15) is 48.3 Å². The van der Waals surface area contributed by atoms with Gasteiger partial charge in [0.25, 0.3) is 0 Å². The maximum Gasteiger partial charge on any atom is 0.245 e. The Morgan fingerprint density at radius 2 is 1.11 bits per heavy atom. The van der Waals surface area contributed by atoms with E-state index in [2.05, 4.69) is 52.8 Å². The Hall–Kier alpha value is -6.52. The molecule has 0 radical (unpaired) electrons. The fourth-order valence-electron chi connectivity index (χ4n) is 7.38. The van der Waals surface area contributed by atoms with Gasteiger partial charge in [-0.1, -0.05) is 44.2 Å². The van der Waals surface area contributed by atoms with Crippen molar-refractivity contribution in [1.82, 2.24) is 47.9 Å². The van der Waals surface area contributed by atoms with Crippen molar-refractivity contribution in [2.75, 3.05) is 39.3 Å². The molecule has 0 aromatic heterocycles. The zero-order valence-corrected chi connectivity index (χ0v) is 40.7. The number of aliphatic hydroxyl groups excluding tert-OH is 1. The molecule has 9 amide bonds. The Morgan fingerprint density at radius 1 is 0.634 bits per heavy atom. The molecule has 0 spiro atoms. The zero-order chi connectivity index (χ0) is 53.2. The minimum absolute atomic E-state index is 0.00169. The first-order valence-electron chi connectivity index (χ1n) is 23.7. The first kappa shape index (κ1) is 60.6. The van der Waals surface area contributed by atoms with Crippen LogP contribution >= 0.6 is 0 Å². The van der Waals surface area contributed by atoms with Crippen molar-refractivity contribution in [2.24, 2.45) is 51.0 Å². The molecule has 24 N–H and O–H groups in total. The third-order valence-corrected chi connectivity index (χ3v) is 11.1. The Balaban J connectivity index is 2.75. The Kier molecular flexibility index (Phi) is 27.0. The van der Waals surface area contributed by atoms with Gasteiger partial charge in [0.1, 0.15) is 54.4 Å². The lowest BCUT2D eigenvalue weighted by Gasteiger charge is -2.28. The van der Waals surface area contributed by atoms with Crippen LogP contribution in [0.3, 0.4) is 0 Å². The molecule has 1 aliphatic rings. The van der Waals surface area contributed by atoms with Crippen molar-refractivity contribution < 1.29 is 48.3 Å². The summed E-state index contributed by atoms with van der Waals surface area (Å²) >= 11 is 0. The van der Waals surface area contributed by atoms with Crippen molar-refractivity contribution in [3.05, 3.63) is 35.9 Å². The van der Waals surface area contributed by atoms with Crippen LogP contribution in [0.2, 0.25) is 0 Å². The largest absolute Gasteiger partial charge is 0.391 e. The molecule has 1 fully saturated rings. The molecule has 0 unspecified atom stereocenters. The summed E-state index contributed by atoms with van der Waals surface area (Å²) in [5.41, 5.74) is 40.6. The summed E-state index contributed by atoms with van der Waals surface area (Å²) in [7, 11) is 0. The molecular formula is C44H77N17O10. The van der Waals surface area contributed by atoms with Crippen LogP contribution < -0.4 is 88.0 Å². The van der Waals surface area contributed by atoms with E-state index >= 15 is 0 Å².